The van der Waals surface area contributed by atoms with E-state index in [9.17, 15) is 5.11 Å². The second-order valence-electron chi connectivity index (χ2n) is 5.46. The average Bonchev–Trinajstić information content (AvgIpc) is 3.01. The van der Waals surface area contributed by atoms with Gasteiger partial charge in [-0.1, -0.05) is 0 Å². The summed E-state index contributed by atoms with van der Waals surface area (Å²) in [6, 6.07) is 4.71. The Bertz CT molecular complexity index is 599. The van der Waals surface area contributed by atoms with Crippen LogP contribution in [0.5, 0.6) is 0 Å². The minimum Gasteiger partial charge on any atom is -0.392 e. The van der Waals surface area contributed by atoms with Crippen LogP contribution in [-0.4, -0.2) is 53.3 Å². The lowest BCUT2D eigenvalue weighted by molar-refractivity contribution is 0.173. The molecule has 2 aliphatic rings. The maximum Gasteiger partial charge on any atom is 0.146 e. The molecule has 2 aliphatic heterocycles. The Morgan fingerprint density at radius 3 is 3.16 bits per heavy atom. The van der Waals surface area contributed by atoms with E-state index in [0.29, 0.717) is 6.04 Å². The van der Waals surface area contributed by atoms with E-state index < -0.39 is 0 Å². The van der Waals surface area contributed by atoms with Gasteiger partial charge in [0.25, 0.3) is 0 Å². The van der Waals surface area contributed by atoms with Gasteiger partial charge in [0.05, 0.1) is 10.8 Å². The molecule has 1 N–H and O–H groups in total. The van der Waals surface area contributed by atoms with Crippen LogP contribution in [0.25, 0.3) is 10.1 Å². The highest BCUT2D eigenvalue weighted by Crippen LogP contribution is 2.32. The third kappa shape index (κ3) is 1.93. The van der Waals surface area contributed by atoms with Crippen LogP contribution >= 0.6 is 11.3 Å². The van der Waals surface area contributed by atoms with Gasteiger partial charge in [0.15, 0.2) is 0 Å². The van der Waals surface area contributed by atoms with Crippen molar-refractivity contribution in [3.05, 3.63) is 23.7 Å². The molecule has 4 rings (SSSR count). The van der Waals surface area contributed by atoms with E-state index in [1.165, 1.54) is 10.1 Å². The summed E-state index contributed by atoms with van der Waals surface area (Å²) in [6.45, 7) is 3.87. The van der Waals surface area contributed by atoms with Gasteiger partial charge in [0.1, 0.15) is 5.82 Å². The van der Waals surface area contributed by atoms with Crippen LogP contribution < -0.4 is 4.90 Å². The fraction of sp³-hybridized carbons (Fsp3) is 0.500. The Morgan fingerprint density at radius 2 is 2.21 bits per heavy atom. The molecule has 100 valence electrons. The van der Waals surface area contributed by atoms with Crippen LogP contribution in [-0.2, 0) is 0 Å². The predicted octanol–water partition coefficient (Wildman–Crippen LogP) is 1.55. The highest BCUT2D eigenvalue weighted by atomic mass is 32.1. The van der Waals surface area contributed by atoms with Gasteiger partial charge in [-0.15, -0.1) is 11.3 Å². The standard InChI is InChI=1S/C14H17N3OS/c18-12-7-11-8-17(5-4-16(11)9-12)14-13-10(1-3-15-14)2-6-19-13/h1-3,6,11-12,18H,4-5,7-9H2/t11?,12-/m1/s1. The first-order valence-corrected chi connectivity index (χ1v) is 7.68. The number of aliphatic hydroxyl groups excluding tert-OH is 1. The molecule has 1 unspecified atom stereocenters. The summed E-state index contributed by atoms with van der Waals surface area (Å²) in [5.41, 5.74) is 0. The van der Waals surface area contributed by atoms with Crippen LogP contribution in [0.4, 0.5) is 5.82 Å². The molecule has 4 nitrogen and oxygen atoms in total. The molecule has 0 spiro atoms. The molecule has 2 aromatic rings. The SMILES string of the molecule is O[C@@H]1CC2CN(c3nccc4ccsc34)CCN2C1. The molecule has 4 heterocycles. The number of pyridine rings is 1. The third-order valence-corrected chi connectivity index (χ3v) is 5.17. The minimum absolute atomic E-state index is 0.143. The number of nitrogens with zero attached hydrogens (tertiary/aromatic N) is 3. The van der Waals surface area contributed by atoms with Gasteiger partial charge in [-0.2, -0.15) is 0 Å². The topological polar surface area (TPSA) is 39.6 Å². The average molecular weight is 275 g/mol. The largest absolute Gasteiger partial charge is 0.392 e. The molecule has 2 fully saturated rings. The van der Waals surface area contributed by atoms with Gasteiger partial charge < -0.3 is 10.0 Å². The molecule has 0 aromatic carbocycles. The second kappa shape index (κ2) is 4.44. The molecule has 2 aromatic heterocycles. The normalized spacial score (nSPS) is 27.9. The fourth-order valence-electron chi connectivity index (χ4n) is 3.31. The lowest BCUT2D eigenvalue weighted by Gasteiger charge is -2.38. The first-order chi connectivity index (χ1) is 9.31. The summed E-state index contributed by atoms with van der Waals surface area (Å²) in [5.74, 6) is 1.12. The zero-order valence-corrected chi connectivity index (χ0v) is 11.5. The van der Waals surface area contributed by atoms with Crippen LogP contribution in [0.1, 0.15) is 6.42 Å². The maximum atomic E-state index is 9.78. The Balaban J connectivity index is 1.65. The maximum absolute atomic E-state index is 9.78. The molecular weight excluding hydrogens is 258 g/mol. The van der Waals surface area contributed by atoms with Crippen molar-refractivity contribution in [3.8, 4) is 0 Å². The van der Waals surface area contributed by atoms with Crippen molar-refractivity contribution >= 4 is 27.2 Å². The molecule has 0 saturated carbocycles. The van der Waals surface area contributed by atoms with E-state index in [1.807, 2.05) is 6.20 Å². The summed E-state index contributed by atoms with van der Waals surface area (Å²) >= 11 is 1.77. The van der Waals surface area contributed by atoms with Crippen LogP contribution in [0.2, 0.25) is 0 Å². The summed E-state index contributed by atoms with van der Waals surface area (Å²) in [6.07, 6.45) is 2.66. The molecule has 2 saturated heterocycles. The summed E-state index contributed by atoms with van der Waals surface area (Å²) in [4.78, 5) is 9.39. The van der Waals surface area contributed by atoms with Gasteiger partial charge in [-0.3, -0.25) is 4.90 Å². The summed E-state index contributed by atoms with van der Waals surface area (Å²) in [5, 5.41) is 13.2. The number of fused-ring (bicyclic) bond motifs is 2. The van der Waals surface area contributed by atoms with Gasteiger partial charge in [-0.05, 0) is 29.3 Å². The van der Waals surface area contributed by atoms with Crippen LogP contribution in [0.15, 0.2) is 23.7 Å². The molecule has 0 radical (unpaired) electrons. The smallest absolute Gasteiger partial charge is 0.146 e. The molecule has 0 amide bonds. The number of aliphatic hydroxyl groups is 1. The second-order valence-corrected chi connectivity index (χ2v) is 6.37. The van der Waals surface area contributed by atoms with E-state index in [-0.39, 0.29) is 6.10 Å². The van der Waals surface area contributed by atoms with Crippen LogP contribution in [0, 0.1) is 0 Å². The van der Waals surface area contributed by atoms with E-state index in [4.69, 9.17) is 0 Å². The zero-order valence-electron chi connectivity index (χ0n) is 10.7. The molecule has 5 heteroatoms. The number of thiophene rings is 1. The van der Waals surface area contributed by atoms with E-state index in [1.54, 1.807) is 11.3 Å². The monoisotopic (exact) mass is 275 g/mol. The highest BCUT2D eigenvalue weighted by Gasteiger charge is 2.35. The molecule has 2 atom stereocenters. The van der Waals surface area contributed by atoms with E-state index in [2.05, 4.69) is 32.3 Å². The minimum atomic E-state index is -0.143. The highest BCUT2D eigenvalue weighted by molar-refractivity contribution is 7.17. The van der Waals surface area contributed by atoms with Gasteiger partial charge in [-0.25, -0.2) is 4.98 Å². The Morgan fingerprint density at radius 1 is 1.26 bits per heavy atom. The first-order valence-electron chi connectivity index (χ1n) is 6.80. The lowest BCUT2D eigenvalue weighted by atomic mass is 10.1. The van der Waals surface area contributed by atoms with E-state index in [0.717, 1.165) is 38.4 Å². The van der Waals surface area contributed by atoms with Gasteiger partial charge in [0.2, 0.25) is 0 Å². The number of anilines is 1. The van der Waals surface area contributed by atoms with Crippen molar-refractivity contribution in [2.75, 3.05) is 31.1 Å². The van der Waals surface area contributed by atoms with Crippen molar-refractivity contribution in [3.63, 3.8) is 0 Å². The molecule has 19 heavy (non-hydrogen) atoms. The number of aromatic nitrogens is 1. The number of hydrogen-bond acceptors (Lipinski definition) is 5. The molecule has 0 aliphatic carbocycles. The number of hydrogen-bond donors (Lipinski definition) is 1. The Hall–Kier alpha value is -1.17. The van der Waals surface area contributed by atoms with Gasteiger partial charge in [0, 0.05) is 38.4 Å². The Labute approximate surface area is 116 Å². The van der Waals surface area contributed by atoms with Crippen molar-refractivity contribution in [2.24, 2.45) is 0 Å². The lowest BCUT2D eigenvalue weighted by Crippen LogP contribution is -2.50. The van der Waals surface area contributed by atoms with Crippen LogP contribution in [0.3, 0.4) is 0 Å². The predicted molar refractivity (Wildman–Crippen MR) is 77.8 cm³/mol. The zero-order chi connectivity index (χ0) is 12.8. The van der Waals surface area contributed by atoms with Crippen molar-refractivity contribution in [2.45, 2.75) is 18.6 Å². The summed E-state index contributed by atoms with van der Waals surface area (Å²) < 4.78 is 1.29. The molecular formula is C14H17N3OS. The Kier molecular flexibility index (Phi) is 2.72. The summed E-state index contributed by atoms with van der Waals surface area (Å²) in [7, 11) is 0. The third-order valence-electron chi connectivity index (χ3n) is 4.24. The first kappa shape index (κ1) is 11.6. The fourth-order valence-corrected chi connectivity index (χ4v) is 4.22. The van der Waals surface area contributed by atoms with Gasteiger partial charge >= 0.3 is 0 Å². The quantitative estimate of drug-likeness (QED) is 0.857. The molecule has 0 bridgehead atoms. The van der Waals surface area contributed by atoms with Crippen molar-refractivity contribution in [1.29, 1.82) is 0 Å². The number of piperazine rings is 1. The van der Waals surface area contributed by atoms with Crippen molar-refractivity contribution < 1.29 is 5.11 Å². The van der Waals surface area contributed by atoms with E-state index >= 15 is 0 Å². The van der Waals surface area contributed by atoms with Crippen molar-refractivity contribution in [1.82, 2.24) is 9.88 Å². The number of rotatable bonds is 1.